The molecule has 0 atom stereocenters. The standard InChI is InChI=1S/C17H28N2O/c1-14(2)20-17-12-15(13-18-3)8-9-16(17)19-10-6-4-5-7-11-19/h8-9,12,14,18H,4-7,10-11,13H2,1-3H3. The lowest BCUT2D eigenvalue weighted by Crippen LogP contribution is -2.25. The van der Waals surface area contributed by atoms with Gasteiger partial charge in [-0.2, -0.15) is 0 Å². The lowest BCUT2D eigenvalue weighted by molar-refractivity contribution is 0.242. The van der Waals surface area contributed by atoms with E-state index in [1.165, 1.54) is 36.9 Å². The van der Waals surface area contributed by atoms with E-state index in [1.54, 1.807) is 0 Å². The molecule has 1 aromatic rings. The average molecular weight is 276 g/mol. The van der Waals surface area contributed by atoms with Gasteiger partial charge in [0.05, 0.1) is 11.8 Å². The van der Waals surface area contributed by atoms with Crippen LogP contribution in [0.15, 0.2) is 18.2 Å². The van der Waals surface area contributed by atoms with Gasteiger partial charge in [0, 0.05) is 19.6 Å². The van der Waals surface area contributed by atoms with Gasteiger partial charge in [-0.1, -0.05) is 18.9 Å². The summed E-state index contributed by atoms with van der Waals surface area (Å²) in [5.74, 6) is 1.04. The maximum Gasteiger partial charge on any atom is 0.143 e. The van der Waals surface area contributed by atoms with Crippen molar-refractivity contribution in [3.05, 3.63) is 23.8 Å². The Bertz CT molecular complexity index is 409. The van der Waals surface area contributed by atoms with Gasteiger partial charge in [-0.15, -0.1) is 0 Å². The Hall–Kier alpha value is -1.22. The minimum atomic E-state index is 0.213. The summed E-state index contributed by atoms with van der Waals surface area (Å²) < 4.78 is 6.06. The van der Waals surface area contributed by atoms with Crippen LogP contribution in [0, 0.1) is 0 Å². The molecule has 0 saturated carbocycles. The first-order valence-electron chi connectivity index (χ1n) is 7.90. The second-order valence-corrected chi connectivity index (χ2v) is 5.90. The predicted octanol–water partition coefficient (Wildman–Crippen LogP) is 3.57. The summed E-state index contributed by atoms with van der Waals surface area (Å²) >= 11 is 0. The smallest absolute Gasteiger partial charge is 0.143 e. The Balaban J connectivity index is 2.24. The van der Waals surface area contributed by atoms with Gasteiger partial charge >= 0.3 is 0 Å². The molecule has 2 rings (SSSR count). The van der Waals surface area contributed by atoms with Crippen molar-refractivity contribution in [1.82, 2.24) is 5.32 Å². The van der Waals surface area contributed by atoms with Gasteiger partial charge in [0.15, 0.2) is 0 Å². The van der Waals surface area contributed by atoms with E-state index >= 15 is 0 Å². The molecule has 1 N–H and O–H groups in total. The molecule has 0 unspecified atom stereocenters. The summed E-state index contributed by atoms with van der Waals surface area (Å²) in [5, 5.41) is 3.20. The molecule has 1 aliphatic heterocycles. The second-order valence-electron chi connectivity index (χ2n) is 5.90. The van der Waals surface area contributed by atoms with Crippen LogP contribution in [0.1, 0.15) is 45.1 Å². The third-order valence-corrected chi connectivity index (χ3v) is 3.71. The molecule has 0 bridgehead atoms. The molecule has 0 amide bonds. The van der Waals surface area contributed by atoms with Crippen LogP contribution >= 0.6 is 0 Å². The summed E-state index contributed by atoms with van der Waals surface area (Å²) in [5.41, 5.74) is 2.54. The SMILES string of the molecule is CNCc1ccc(N2CCCCCC2)c(OC(C)C)c1. The maximum absolute atomic E-state index is 6.06. The third-order valence-electron chi connectivity index (χ3n) is 3.71. The van der Waals surface area contributed by atoms with Crippen LogP contribution in [0.2, 0.25) is 0 Å². The van der Waals surface area contributed by atoms with E-state index in [0.29, 0.717) is 0 Å². The number of benzene rings is 1. The zero-order valence-corrected chi connectivity index (χ0v) is 13.1. The molecule has 112 valence electrons. The minimum Gasteiger partial charge on any atom is -0.489 e. The molecule has 0 radical (unpaired) electrons. The topological polar surface area (TPSA) is 24.5 Å². The number of nitrogens with one attached hydrogen (secondary N) is 1. The fraction of sp³-hybridized carbons (Fsp3) is 0.647. The molecule has 1 fully saturated rings. The summed E-state index contributed by atoms with van der Waals surface area (Å²) in [6.07, 6.45) is 5.51. The highest BCUT2D eigenvalue weighted by molar-refractivity contribution is 5.60. The number of hydrogen-bond acceptors (Lipinski definition) is 3. The number of anilines is 1. The van der Waals surface area contributed by atoms with Crippen molar-refractivity contribution in [3.63, 3.8) is 0 Å². The van der Waals surface area contributed by atoms with E-state index in [4.69, 9.17) is 4.74 Å². The van der Waals surface area contributed by atoms with Gasteiger partial charge in [-0.25, -0.2) is 0 Å². The monoisotopic (exact) mass is 276 g/mol. The molecule has 0 spiro atoms. The Morgan fingerprint density at radius 3 is 2.45 bits per heavy atom. The molecular weight excluding hydrogens is 248 g/mol. The third kappa shape index (κ3) is 4.14. The number of nitrogens with zero attached hydrogens (tertiary/aromatic N) is 1. The maximum atomic E-state index is 6.06. The lowest BCUT2D eigenvalue weighted by Gasteiger charge is -2.26. The number of rotatable bonds is 5. The molecular formula is C17H28N2O. The molecule has 1 aromatic carbocycles. The van der Waals surface area contributed by atoms with Crippen molar-refractivity contribution in [2.75, 3.05) is 25.0 Å². The van der Waals surface area contributed by atoms with Crippen molar-refractivity contribution >= 4 is 5.69 Å². The molecule has 20 heavy (non-hydrogen) atoms. The molecule has 1 saturated heterocycles. The van der Waals surface area contributed by atoms with Crippen LogP contribution < -0.4 is 15.0 Å². The van der Waals surface area contributed by atoms with E-state index in [-0.39, 0.29) is 6.10 Å². The first kappa shape index (κ1) is 15.2. The summed E-state index contributed by atoms with van der Waals surface area (Å²) in [7, 11) is 1.98. The Morgan fingerprint density at radius 1 is 1.15 bits per heavy atom. The first-order valence-corrected chi connectivity index (χ1v) is 7.90. The van der Waals surface area contributed by atoms with Gasteiger partial charge in [0.1, 0.15) is 5.75 Å². The van der Waals surface area contributed by atoms with Crippen LogP contribution in [0.5, 0.6) is 5.75 Å². The molecule has 1 aliphatic rings. The lowest BCUT2D eigenvalue weighted by atomic mass is 10.1. The molecule has 3 heteroatoms. The van der Waals surface area contributed by atoms with Gasteiger partial charge in [-0.05, 0) is 51.4 Å². The van der Waals surface area contributed by atoms with Gasteiger partial charge in [-0.3, -0.25) is 0 Å². The zero-order chi connectivity index (χ0) is 14.4. The number of ether oxygens (including phenoxy) is 1. The zero-order valence-electron chi connectivity index (χ0n) is 13.1. The molecule has 0 aliphatic carbocycles. The van der Waals surface area contributed by atoms with Gasteiger partial charge in [0.25, 0.3) is 0 Å². The van der Waals surface area contributed by atoms with E-state index < -0.39 is 0 Å². The average Bonchev–Trinajstić information content (AvgIpc) is 2.67. The summed E-state index contributed by atoms with van der Waals surface area (Å²) in [6.45, 7) is 7.38. The van der Waals surface area contributed by atoms with E-state index in [1.807, 2.05) is 7.05 Å². The van der Waals surface area contributed by atoms with Crippen molar-refractivity contribution < 1.29 is 4.74 Å². The van der Waals surface area contributed by atoms with Crippen LogP contribution in [-0.4, -0.2) is 26.2 Å². The molecule has 0 aromatic heterocycles. The largest absolute Gasteiger partial charge is 0.489 e. The van der Waals surface area contributed by atoms with Crippen LogP contribution in [0.25, 0.3) is 0 Å². The van der Waals surface area contributed by atoms with E-state index in [9.17, 15) is 0 Å². The highest BCUT2D eigenvalue weighted by atomic mass is 16.5. The Kier molecular flexibility index (Phi) is 5.72. The van der Waals surface area contributed by atoms with Gasteiger partial charge in [0.2, 0.25) is 0 Å². The van der Waals surface area contributed by atoms with Crippen LogP contribution in [-0.2, 0) is 6.54 Å². The van der Waals surface area contributed by atoms with Crippen molar-refractivity contribution in [1.29, 1.82) is 0 Å². The highest BCUT2D eigenvalue weighted by Crippen LogP contribution is 2.32. The second kappa shape index (κ2) is 7.53. The van der Waals surface area contributed by atoms with Gasteiger partial charge < -0.3 is 15.0 Å². The first-order chi connectivity index (χ1) is 9.70. The highest BCUT2D eigenvalue weighted by Gasteiger charge is 2.15. The Morgan fingerprint density at radius 2 is 1.85 bits per heavy atom. The quantitative estimate of drug-likeness (QED) is 0.889. The molecule has 3 nitrogen and oxygen atoms in total. The predicted molar refractivity (Wildman–Crippen MR) is 85.7 cm³/mol. The number of hydrogen-bond donors (Lipinski definition) is 1. The summed E-state index contributed by atoms with van der Waals surface area (Å²) in [6, 6.07) is 6.64. The Labute approximate surface area is 123 Å². The molecule has 1 heterocycles. The minimum absolute atomic E-state index is 0.213. The van der Waals surface area contributed by atoms with E-state index in [2.05, 4.69) is 42.3 Å². The van der Waals surface area contributed by atoms with E-state index in [0.717, 1.165) is 25.4 Å². The van der Waals surface area contributed by atoms with Crippen LogP contribution in [0.3, 0.4) is 0 Å². The van der Waals surface area contributed by atoms with Crippen molar-refractivity contribution in [2.45, 2.75) is 52.2 Å². The van der Waals surface area contributed by atoms with Crippen LogP contribution in [0.4, 0.5) is 5.69 Å². The summed E-state index contributed by atoms with van der Waals surface area (Å²) in [4.78, 5) is 2.49. The fourth-order valence-corrected chi connectivity index (χ4v) is 2.79. The fourth-order valence-electron chi connectivity index (χ4n) is 2.79. The van der Waals surface area contributed by atoms with Crippen molar-refractivity contribution in [3.8, 4) is 5.75 Å². The van der Waals surface area contributed by atoms with Crippen molar-refractivity contribution in [2.24, 2.45) is 0 Å². The normalized spacial score (nSPS) is 16.3.